The average Bonchev–Trinajstić information content (AvgIpc) is 3.43. The number of hydrogen-bond acceptors (Lipinski definition) is 11. The topological polar surface area (TPSA) is 143 Å². The first-order valence-electron chi connectivity index (χ1n) is 12.5. The summed E-state index contributed by atoms with van der Waals surface area (Å²) < 4.78 is 79.8. The predicted octanol–water partition coefficient (Wildman–Crippen LogP) is 4.51. The van der Waals surface area contributed by atoms with Crippen molar-refractivity contribution in [1.82, 2.24) is 15.0 Å². The summed E-state index contributed by atoms with van der Waals surface area (Å²) in [6, 6.07) is 3.86. The van der Waals surface area contributed by atoms with Crippen molar-refractivity contribution in [1.29, 1.82) is 5.26 Å². The number of nitrogens with zero attached hydrogens (tertiary/aromatic N) is 4. The molecule has 0 bridgehead atoms. The quantitative estimate of drug-likeness (QED) is 0.146. The van der Waals surface area contributed by atoms with Gasteiger partial charge in [-0.05, 0) is 24.3 Å². The second kappa shape index (κ2) is 13.6. The fraction of sp³-hybridized carbons (Fsp3) is 0.333. The van der Waals surface area contributed by atoms with E-state index in [9.17, 15) is 32.8 Å². The maximum absolute atomic E-state index is 15.0. The van der Waals surface area contributed by atoms with Crippen molar-refractivity contribution >= 4 is 41.3 Å². The van der Waals surface area contributed by atoms with Gasteiger partial charge in [-0.15, -0.1) is 5.10 Å². The number of hydrogen-bond donors (Lipinski definition) is 0. The largest absolute Gasteiger partial charge is 0.463 e. The maximum atomic E-state index is 15.0. The number of benzene rings is 2. The van der Waals surface area contributed by atoms with Crippen LogP contribution in [-0.4, -0.2) is 63.3 Å². The lowest BCUT2D eigenvalue weighted by Crippen LogP contribution is -2.57. The van der Waals surface area contributed by atoms with Gasteiger partial charge in [0.25, 0.3) is 0 Å². The van der Waals surface area contributed by atoms with Crippen molar-refractivity contribution in [3.8, 4) is 17.3 Å². The van der Waals surface area contributed by atoms with E-state index in [-0.39, 0.29) is 26.7 Å². The SMILES string of the molecule is CC(=O)OC[C@H]1O[C@H](Sc2cc(Cl)c(C#N)cc2F)[C@H](OC(C)=O)[C@@H](n2cc(-c3cc(F)c(F)c(F)c3)nn2)[C@H]1OC(C)=O. The molecule has 44 heavy (non-hydrogen) atoms. The lowest BCUT2D eigenvalue weighted by Gasteiger charge is -2.44. The van der Waals surface area contributed by atoms with E-state index in [0.29, 0.717) is 23.9 Å². The molecule has 1 aliphatic rings. The number of ether oxygens (including phenoxy) is 4. The molecule has 5 atom stereocenters. The number of aromatic nitrogens is 3. The second-order valence-corrected chi connectivity index (χ2v) is 10.9. The van der Waals surface area contributed by atoms with E-state index in [4.69, 9.17) is 30.5 Å². The van der Waals surface area contributed by atoms with E-state index in [1.807, 2.05) is 0 Å². The zero-order valence-corrected chi connectivity index (χ0v) is 24.5. The van der Waals surface area contributed by atoms with Crippen LogP contribution in [0, 0.1) is 34.6 Å². The Morgan fingerprint density at radius 1 is 1.00 bits per heavy atom. The highest BCUT2D eigenvalue weighted by atomic mass is 35.5. The molecule has 0 N–H and O–H groups in total. The molecule has 1 fully saturated rings. The fourth-order valence-electron chi connectivity index (χ4n) is 4.37. The minimum atomic E-state index is -1.70. The van der Waals surface area contributed by atoms with Gasteiger partial charge >= 0.3 is 17.9 Å². The van der Waals surface area contributed by atoms with Crippen molar-refractivity contribution in [2.45, 2.75) is 55.5 Å². The Morgan fingerprint density at radius 3 is 2.23 bits per heavy atom. The first-order chi connectivity index (χ1) is 20.8. The van der Waals surface area contributed by atoms with Crippen molar-refractivity contribution in [2.24, 2.45) is 0 Å². The summed E-state index contributed by atoms with van der Waals surface area (Å²) in [6.07, 6.45) is -2.92. The Kier molecular flexibility index (Phi) is 10.1. The Labute approximate surface area is 255 Å². The summed E-state index contributed by atoms with van der Waals surface area (Å²) in [5, 5.41) is 17.0. The second-order valence-electron chi connectivity index (χ2n) is 9.31. The predicted molar refractivity (Wildman–Crippen MR) is 143 cm³/mol. The van der Waals surface area contributed by atoms with E-state index in [1.165, 1.54) is 6.20 Å². The van der Waals surface area contributed by atoms with Gasteiger partial charge in [-0.1, -0.05) is 28.6 Å². The molecule has 0 radical (unpaired) electrons. The summed E-state index contributed by atoms with van der Waals surface area (Å²) in [4.78, 5) is 36.0. The highest BCUT2D eigenvalue weighted by Gasteiger charge is 2.52. The molecule has 17 heteroatoms. The van der Waals surface area contributed by atoms with Crippen LogP contribution in [0.3, 0.4) is 0 Å². The molecule has 2 aromatic carbocycles. The van der Waals surface area contributed by atoms with Crippen LogP contribution < -0.4 is 0 Å². The number of thioether (sulfide) groups is 1. The first kappa shape index (κ1) is 32.7. The van der Waals surface area contributed by atoms with Gasteiger partial charge in [0.15, 0.2) is 29.7 Å². The first-order valence-corrected chi connectivity index (χ1v) is 13.8. The van der Waals surface area contributed by atoms with Crippen LogP contribution in [0.15, 0.2) is 35.4 Å². The van der Waals surface area contributed by atoms with Crippen LogP contribution in [0.5, 0.6) is 0 Å². The number of carbonyl (C=O) groups is 3. The van der Waals surface area contributed by atoms with E-state index in [0.717, 1.165) is 37.6 Å². The Balaban J connectivity index is 1.85. The van der Waals surface area contributed by atoms with Crippen LogP contribution in [0.4, 0.5) is 17.6 Å². The van der Waals surface area contributed by atoms with Crippen molar-refractivity contribution in [3.05, 3.63) is 64.3 Å². The van der Waals surface area contributed by atoms with E-state index < -0.39 is 77.6 Å². The Hall–Kier alpha value is -4.20. The molecule has 3 aromatic rings. The van der Waals surface area contributed by atoms with E-state index in [1.54, 1.807) is 6.07 Å². The van der Waals surface area contributed by atoms with Gasteiger partial charge in [0.2, 0.25) is 0 Å². The molecular weight excluding hydrogens is 636 g/mol. The smallest absolute Gasteiger partial charge is 0.303 e. The molecule has 0 saturated carbocycles. The van der Waals surface area contributed by atoms with Crippen LogP contribution in [0.25, 0.3) is 11.3 Å². The van der Waals surface area contributed by atoms with E-state index >= 15 is 4.39 Å². The number of rotatable bonds is 8. The molecule has 0 aliphatic carbocycles. The highest BCUT2D eigenvalue weighted by Crippen LogP contribution is 2.43. The fourth-order valence-corrected chi connectivity index (χ4v) is 5.79. The summed E-state index contributed by atoms with van der Waals surface area (Å²) in [5.41, 5.74) is -1.81. The molecule has 2 heterocycles. The maximum Gasteiger partial charge on any atom is 0.303 e. The monoisotopic (exact) mass is 656 g/mol. The van der Waals surface area contributed by atoms with E-state index in [2.05, 4.69) is 10.3 Å². The van der Waals surface area contributed by atoms with Crippen molar-refractivity contribution < 1.29 is 50.9 Å². The highest BCUT2D eigenvalue weighted by molar-refractivity contribution is 7.99. The molecular formula is C27H21ClF4N4O7S. The normalized spacial score (nSPS) is 21.3. The lowest BCUT2D eigenvalue weighted by molar-refractivity contribution is -0.212. The summed E-state index contributed by atoms with van der Waals surface area (Å²) >= 11 is 6.80. The van der Waals surface area contributed by atoms with Gasteiger partial charge in [-0.25, -0.2) is 22.2 Å². The standard InChI is InChI=1S/C27H21ClF4N4O7S/c1-11(37)40-10-21-25(41-12(2)38)24(36-9-20(34-35-36)14-4-18(30)23(32)19(31)5-14)26(42-13(3)39)27(43-21)44-22-7-16(28)15(8-33)6-17(22)29/h4-7,9,21,24-27H,10H2,1-3H3/t21-,24+,25+,26-,27-/m1/s1. The molecule has 232 valence electrons. The van der Waals surface area contributed by atoms with Gasteiger partial charge in [-0.3, -0.25) is 14.4 Å². The van der Waals surface area contributed by atoms with Gasteiger partial charge < -0.3 is 18.9 Å². The minimum absolute atomic E-state index is 0.0817. The number of esters is 3. The van der Waals surface area contributed by atoms with Crippen molar-refractivity contribution in [2.75, 3.05) is 6.61 Å². The average molecular weight is 657 g/mol. The summed E-state index contributed by atoms with van der Waals surface area (Å²) in [7, 11) is 0. The summed E-state index contributed by atoms with van der Waals surface area (Å²) in [6.45, 7) is 2.78. The van der Waals surface area contributed by atoms with Gasteiger partial charge in [-0.2, -0.15) is 5.26 Å². The Morgan fingerprint density at radius 2 is 1.64 bits per heavy atom. The molecule has 0 unspecified atom stereocenters. The molecule has 0 amide bonds. The summed E-state index contributed by atoms with van der Waals surface area (Å²) in [5.74, 6) is -7.91. The molecule has 1 aliphatic heterocycles. The van der Waals surface area contributed by atoms with Gasteiger partial charge in [0.1, 0.15) is 41.8 Å². The zero-order valence-electron chi connectivity index (χ0n) is 22.9. The van der Waals surface area contributed by atoms with Gasteiger partial charge in [0.05, 0.1) is 16.8 Å². The van der Waals surface area contributed by atoms with Crippen molar-refractivity contribution in [3.63, 3.8) is 0 Å². The van der Waals surface area contributed by atoms with Crippen LogP contribution >= 0.6 is 23.4 Å². The third-order valence-electron chi connectivity index (χ3n) is 6.15. The molecule has 1 aromatic heterocycles. The number of carbonyl (C=O) groups excluding carboxylic acids is 3. The third kappa shape index (κ3) is 7.29. The lowest BCUT2D eigenvalue weighted by atomic mass is 9.96. The number of halogens is 5. The van der Waals surface area contributed by atoms with Crippen LogP contribution in [-0.2, 0) is 33.3 Å². The zero-order chi connectivity index (χ0) is 32.3. The van der Waals surface area contributed by atoms with Crippen LogP contribution in [0.1, 0.15) is 32.4 Å². The molecule has 0 spiro atoms. The molecule has 1 saturated heterocycles. The minimum Gasteiger partial charge on any atom is -0.463 e. The van der Waals surface area contributed by atoms with Gasteiger partial charge in [0, 0.05) is 31.2 Å². The Bertz CT molecular complexity index is 1630. The molecule has 11 nitrogen and oxygen atoms in total. The van der Waals surface area contributed by atoms with Crippen LogP contribution in [0.2, 0.25) is 5.02 Å². The number of nitriles is 1. The third-order valence-corrected chi connectivity index (χ3v) is 7.64. The molecule has 4 rings (SSSR count).